The van der Waals surface area contributed by atoms with Gasteiger partial charge in [-0.25, -0.2) is 4.79 Å². The van der Waals surface area contributed by atoms with E-state index >= 15 is 0 Å². The van der Waals surface area contributed by atoms with E-state index in [0.29, 0.717) is 11.4 Å². The molecule has 132 valence electrons. The first-order chi connectivity index (χ1) is 11.6. The molecule has 0 atom stereocenters. The molecule has 0 fully saturated rings. The number of benzene rings is 2. The summed E-state index contributed by atoms with van der Waals surface area (Å²) in [6.07, 6.45) is -4.67. The van der Waals surface area contributed by atoms with Crippen molar-refractivity contribution in [2.75, 3.05) is 16.0 Å². The monoisotopic (exact) mass is 371 g/mol. The number of carbonyl (C=O) groups excluding carboxylic acids is 2. The summed E-state index contributed by atoms with van der Waals surface area (Å²) < 4.78 is 39.0. The zero-order valence-electron chi connectivity index (χ0n) is 12.9. The molecule has 0 aromatic heterocycles. The van der Waals surface area contributed by atoms with Gasteiger partial charge in [0.05, 0.1) is 11.3 Å². The van der Waals surface area contributed by atoms with Gasteiger partial charge in [0.2, 0.25) is 5.91 Å². The van der Waals surface area contributed by atoms with E-state index in [9.17, 15) is 22.8 Å². The highest BCUT2D eigenvalue weighted by atomic mass is 35.5. The highest BCUT2D eigenvalue weighted by Gasteiger charge is 2.34. The zero-order valence-corrected chi connectivity index (χ0v) is 13.6. The lowest BCUT2D eigenvalue weighted by Crippen LogP contribution is -2.22. The summed E-state index contributed by atoms with van der Waals surface area (Å²) in [7, 11) is 0. The number of alkyl halides is 3. The molecule has 0 spiro atoms. The Hall–Kier alpha value is -2.74. The van der Waals surface area contributed by atoms with E-state index in [1.54, 1.807) is 12.1 Å². The van der Waals surface area contributed by atoms with Crippen LogP contribution in [0, 0.1) is 0 Å². The van der Waals surface area contributed by atoms with E-state index in [2.05, 4.69) is 16.0 Å². The molecule has 0 aliphatic carbocycles. The molecule has 0 unspecified atom stereocenters. The maximum Gasteiger partial charge on any atom is 0.418 e. The van der Waals surface area contributed by atoms with Gasteiger partial charge in [-0.3, -0.25) is 4.79 Å². The zero-order chi connectivity index (χ0) is 18.6. The van der Waals surface area contributed by atoms with Crippen molar-refractivity contribution in [3.63, 3.8) is 0 Å². The van der Waals surface area contributed by atoms with Gasteiger partial charge in [-0.05, 0) is 36.4 Å². The standard InChI is InChI=1S/C16H13ClF3N3O2/c1-9(24)21-11-3-2-4-12(8-11)22-15(25)23-14-6-5-10(17)7-13(14)16(18,19)20/h2-8H,1H3,(H,21,24)(H2,22,23,25). The van der Waals surface area contributed by atoms with E-state index in [1.165, 1.54) is 25.1 Å². The van der Waals surface area contributed by atoms with Crippen LogP contribution >= 0.6 is 11.6 Å². The summed E-state index contributed by atoms with van der Waals surface area (Å²) in [6.45, 7) is 1.33. The molecule has 0 aliphatic heterocycles. The quantitative estimate of drug-likeness (QED) is 0.713. The van der Waals surface area contributed by atoms with E-state index in [4.69, 9.17) is 11.6 Å². The van der Waals surface area contributed by atoms with Crippen LogP contribution in [0.3, 0.4) is 0 Å². The molecule has 25 heavy (non-hydrogen) atoms. The summed E-state index contributed by atoms with van der Waals surface area (Å²) in [6, 6.07) is 8.34. The Balaban J connectivity index is 2.15. The van der Waals surface area contributed by atoms with Gasteiger partial charge in [0.1, 0.15) is 0 Å². The van der Waals surface area contributed by atoms with Crippen LogP contribution in [0.1, 0.15) is 12.5 Å². The Morgan fingerprint density at radius 3 is 2.20 bits per heavy atom. The summed E-state index contributed by atoms with van der Waals surface area (Å²) in [4.78, 5) is 23.0. The number of carbonyl (C=O) groups is 2. The topological polar surface area (TPSA) is 70.2 Å². The van der Waals surface area contributed by atoms with Crippen molar-refractivity contribution < 1.29 is 22.8 Å². The Morgan fingerprint density at radius 1 is 0.960 bits per heavy atom. The van der Waals surface area contributed by atoms with Crippen LogP contribution in [0.2, 0.25) is 5.02 Å². The third-order valence-electron chi connectivity index (χ3n) is 2.98. The van der Waals surface area contributed by atoms with Crippen molar-refractivity contribution >= 4 is 40.6 Å². The molecule has 0 saturated carbocycles. The van der Waals surface area contributed by atoms with Gasteiger partial charge in [-0.1, -0.05) is 17.7 Å². The molecule has 3 N–H and O–H groups in total. The predicted molar refractivity (Wildman–Crippen MR) is 89.8 cm³/mol. The van der Waals surface area contributed by atoms with Crippen molar-refractivity contribution in [3.8, 4) is 0 Å². The fourth-order valence-electron chi connectivity index (χ4n) is 2.02. The second-order valence-corrected chi connectivity index (χ2v) is 5.47. The van der Waals surface area contributed by atoms with Crippen LogP contribution in [0.5, 0.6) is 0 Å². The Kier molecular flexibility index (Phi) is 5.53. The molecular formula is C16H13ClF3N3O2. The fraction of sp³-hybridized carbons (Fsp3) is 0.125. The van der Waals surface area contributed by atoms with Crippen LogP contribution in [-0.4, -0.2) is 11.9 Å². The minimum Gasteiger partial charge on any atom is -0.326 e. The molecule has 2 aromatic carbocycles. The molecule has 5 nitrogen and oxygen atoms in total. The normalized spacial score (nSPS) is 10.9. The average Bonchev–Trinajstić information content (AvgIpc) is 2.47. The third kappa shape index (κ3) is 5.39. The number of urea groups is 1. The van der Waals surface area contributed by atoms with E-state index in [-0.39, 0.29) is 10.9 Å². The molecule has 0 bridgehead atoms. The number of anilines is 3. The van der Waals surface area contributed by atoms with Crippen molar-refractivity contribution in [2.24, 2.45) is 0 Å². The second-order valence-electron chi connectivity index (χ2n) is 5.03. The lowest BCUT2D eigenvalue weighted by molar-refractivity contribution is -0.136. The van der Waals surface area contributed by atoms with Crippen LogP contribution in [0.15, 0.2) is 42.5 Å². The first-order valence-corrected chi connectivity index (χ1v) is 7.35. The molecule has 9 heteroatoms. The van der Waals surface area contributed by atoms with E-state index in [0.717, 1.165) is 12.1 Å². The number of hydrogen-bond acceptors (Lipinski definition) is 2. The molecule has 0 radical (unpaired) electrons. The van der Waals surface area contributed by atoms with Gasteiger partial charge in [-0.15, -0.1) is 0 Å². The summed E-state index contributed by atoms with van der Waals surface area (Å²) >= 11 is 5.59. The Labute approximate surface area is 146 Å². The van der Waals surface area contributed by atoms with Crippen molar-refractivity contribution in [1.29, 1.82) is 0 Å². The molecule has 2 aromatic rings. The van der Waals surface area contributed by atoms with Crippen LogP contribution in [-0.2, 0) is 11.0 Å². The van der Waals surface area contributed by atoms with Crippen LogP contribution < -0.4 is 16.0 Å². The van der Waals surface area contributed by atoms with Gasteiger partial charge >= 0.3 is 12.2 Å². The number of halogens is 4. The lowest BCUT2D eigenvalue weighted by Gasteiger charge is -2.15. The summed E-state index contributed by atoms with van der Waals surface area (Å²) in [5, 5.41) is 6.97. The minimum absolute atomic E-state index is 0.0960. The summed E-state index contributed by atoms with van der Waals surface area (Å²) in [5.74, 6) is -0.294. The van der Waals surface area contributed by atoms with Crippen molar-refractivity contribution in [2.45, 2.75) is 13.1 Å². The Bertz CT molecular complexity index is 809. The number of nitrogens with one attached hydrogen (secondary N) is 3. The second kappa shape index (κ2) is 7.43. The molecule has 3 amide bonds. The van der Waals surface area contributed by atoms with Gasteiger partial charge in [0.15, 0.2) is 0 Å². The van der Waals surface area contributed by atoms with Gasteiger partial charge in [0.25, 0.3) is 0 Å². The Morgan fingerprint density at radius 2 is 1.60 bits per heavy atom. The SMILES string of the molecule is CC(=O)Nc1cccc(NC(=O)Nc2ccc(Cl)cc2C(F)(F)F)c1. The largest absolute Gasteiger partial charge is 0.418 e. The number of hydrogen-bond donors (Lipinski definition) is 3. The molecule has 2 rings (SSSR count). The smallest absolute Gasteiger partial charge is 0.326 e. The fourth-order valence-corrected chi connectivity index (χ4v) is 2.19. The molecule has 0 aliphatic rings. The first-order valence-electron chi connectivity index (χ1n) is 6.97. The highest BCUT2D eigenvalue weighted by Crippen LogP contribution is 2.36. The maximum atomic E-state index is 13.0. The first kappa shape index (κ1) is 18.6. The lowest BCUT2D eigenvalue weighted by atomic mass is 10.1. The van der Waals surface area contributed by atoms with Crippen LogP contribution in [0.25, 0.3) is 0 Å². The minimum atomic E-state index is -4.67. The van der Waals surface area contributed by atoms with Gasteiger partial charge in [-0.2, -0.15) is 13.2 Å². The van der Waals surface area contributed by atoms with E-state index < -0.39 is 23.5 Å². The molecule has 0 saturated heterocycles. The third-order valence-corrected chi connectivity index (χ3v) is 3.21. The molecule has 0 heterocycles. The van der Waals surface area contributed by atoms with Crippen LogP contribution in [0.4, 0.5) is 35.0 Å². The predicted octanol–water partition coefficient (Wildman–Crippen LogP) is 4.96. The van der Waals surface area contributed by atoms with Gasteiger partial charge < -0.3 is 16.0 Å². The van der Waals surface area contributed by atoms with Gasteiger partial charge in [0, 0.05) is 23.3 Å². The highest BCUT2D eigenvalue weighted by molar-refractivity contribution is 6.30. The average molecular weight is 372 g/mol. The summed E-state index contributed by atoms with van der Waals surface area (Å²) in [5.41, 5.74) is -0.742. The molecular weight excluding hydrogens is 359 g/mol. The number of amides is 3. The number of rotatable bonds is 3. The van der Waals surface area contributed by atoms with Crippen molar-refractivity contribution in [1.82, 2.24) is 0 Å². The maximum absolute atomic E-state index is 13.0. The van der Waals surface area contributed by atoms with E-state index in [1.807, 2.05) is 0 Å². The van der Waals surface area contributed by atoms with Crippen molar-refractivity contribution in [3.05, 3.63) is 53.1 Å².